The van der Waals surface area contributed by atoms with Crippen LogP contribution in [0.4, 0.5) is 0 Å². The Hall–Kier alpha value is -2.61. The van der Waals surface area contributed by atoms with E-state index in [0.29, 0.717) is 57.8 Å². The van der Waals surface area contributed by atoms with Crippen molar-refractivity contribution in [2.75, 3.05) is 13.7 Å². The maximum Gasteiger partial charge on any atom is 0.258 e. The van der Waals surface area contributed by atoms with Crippen LogP contribution in [0.15, 0.2) is 48.2 Å². The summed E-state index contributed by atoms with van der Waals surface area (Å²) in [6.45, 7) is 0.475. The van der Waals surface area contributed by atoms with Crippen LogP contribution in [0.1, 0.15) is 66.4 Å². The van der Waals surface area contributed by atoms with Gasteiger partial charge in [-0.15, -0.1) is 5.10 Å². The highest BCUT2D eigenvalue weighted by molar-refractivity contribution is 14.1. The Labute approximate surface area is 250 Å². The fraction of sp³-hybridized carbons (Fsp3) is 0.379. The molecule has 0 N–H and O–H groups in total. The largest absolute Gasteiger partial charge is 0.498 e. The smallest absolute Gasteiger partial charge is 0.258 e. The molecule has 0 radical (unpaired) electrons. The number of nitrogens with zero attached hydrogens (tertiary/aromatic N) is 5. The fourth-order valence-electron chi connectivity index (χ4n) is 6.58. The summed E-state index contributed by atoms with van der Waals surface area (Å²) in [6, 6.07) is 14.8. The Morgan fingerprint density at radius 2 is 1.85 bits per heavy atom. The zero-order valence-corrected chi connectivity index (χ0v) is 25.0. The molecule has 3 aliphatic rings. The van der Waals surface area contributed by atoms with Gasteiger partial charge in [-0.25, -0.2) is 4.68 Å². The highest BCUT2D eigenvalue weighted by atomic mass is 127. The van der Waals surface area contributed by atoms with Crippen LogP contribution in [0, 0.1) is 15.0 Å². The summed E-state index contributed by atoms with van der Waals surface area (Å²) >= 11 is 15.0. The summed E-state index contributed by atoms with van der Waals surface area (Å²) in [5.41, 5.74) is 3.05. The van der Waals surface area contributed by atoms with E-state index in [1.807, 2.05) is 33.8 Å². The summed E-state index contributed by atoms with van der Waals surface area (Å²) in [5.74, 6) is 0.936. The average Bonchev–Trinajstić information content (AvgIpc) is 3.68. The third kappa shape index (κ3) is 4.52. The summed E-state index contributed by atoms with van der Waals surface area (Å²) in [4.78, 5) is 16.1. The molecule has 7 nitrogen and oxygen atoms in total. The number of fused-ring (bicyclic) bond motifs is 1. The van der Waals surface area contributed by atoms with Crippen LogP contribution in [-0.4, -0.2) is 45.0 Å². The van der Waals surface area contributed by atoms with Crippen molar-refractivity contribution in [3.8, 4) is 6.07 Å². The molecule has 0 spiro atoms. The lowest BCUT2D eigenvalue weighted by Gasteiger charge is -2.34. The molecule has 2 aliphatic heterocycles. The normalized spacial score (nSPS) is 23.0. The van der Waals surface area contributed by atoms with E-state index in [4.69, 9.17) is 27.9 Å². The van der Waals surface area contributed by atoms with E-state index >= 15 is 0 Å². The van der Waals surface area contributed by atoms with Gasteiger partial charge in [-0.3, -0.25) is 4.79 Å². The minimum absolute atomic E-state index is 0.0588. The average molecular weight is 674 g/mol. The van der Waals surface area contributed by atoms with Gasteiger partial charge in [0.05, 0.1) is 36.1 Å². The molecule has 1 aliphatic carbocycles. The van der Waals surface area contributed by atoms with Crippen molar-refractivity contribution in [3.05, 3.63) is 84.4 Å². The van der Waals surface area contributed by atoms with E-state index in [0.717, 1.165) is 27.8 Å². The van der Waals surface area contributed by atoms with Crippen LogP contribution in [0.3, 0.4) is 0 Å². The molecule has 2 atom stereocenters. The van der Waals surface area contributed by atoms with Crippen molar-refractivity contribution < 1.29 is 9.53 Å². The van der Waals surface area contributed by atoms with Gasteiger partial charge in [0, 0.05) is 35.3 Å². The molecule has 1 aromatic heterocycles. The second-order valence-electron chi connectivity index (χ2n) is 10.5. The zero-order chi connectivity index (χ0) is 27.3. The van der Waals surface area contributed by atoms with Gasteiger partial charge in [-0.05, 0) is 76.9 Å². The molecule has 3 heterocycles. The van der Waals surface area contributed by atoms with E-state index in [1.54, 1.807) is 25.3 Å². The molecule has 3 aromatic rings. The highest BCUT2D eigenvalue weighted by Crippen LogP contribution is 2.52. The number of nitriles is 1. The predicted molar refractivity (Wildman–Crippen MR) is 157 cm³/mol. The third-order valence-corrected chi connectivity index (χ3v) is 9.76. The molecular formula is C29H26Cl2IN5O2. The number of hydrogen-bond donors (Lipinski definition) is 0. The SMILES string of the molecule is COC1=C(c2cc(Cl)cc(Cl)c2)C(=O)N2CC(n3nnc(C4CCCC4)c3I)CC12Cc1ccc(C#N)cc1. The molecule has 0 bridgehead atoms. The molecule has 39 heavy (non-hydrogen) atoms. The molecule has 1 amide bonds. The van der Waals surface area contributed by atoms with Crippen molar-refractivity contribution in [2.45, 2.75) is 56.0 Å². The van der Waals surface area contributed by atoms with Gasteiger partial charge in [0.15, 0.2) is 0 Å². The standard InChI is InChI=1S/C29H26Cl2IN5O2/c1-39-26-24(20-10-21(30)12-22(31)11-20)28(38)36-16-23(37-27(32)25(34-35-37)19-4-2-3-5-19)14-29(26,36)13-17-6-8-18(15-33)9-7-17/h6-12,19,23H,2-5,13-14,16H2,1H3. The molecular weight excluding hydrogens is 648 g/mol. The maximum atomic E-state index is 14.2. The van der Waals surface area contributed by atoms with Gasteiger partial charge in [0.25, 0.3) is 5.91 Å². The Kier molecular flexibility index (Phi) is 7.11. The monoisotopic (exact) mass is 673 g/mol. The lowest BCUT2D eigenvalue weighted by molar-refractivity contribution is -0.126. The van der Waals surface area contributed by atoms with Crippen LogP contribution in [-0.2, 0) is 16.0 Å². The number of amides is 1. The van der Waals surface area contributed by atoms with Crippen LogP contribution < -0.4 is 0 Å². The van der Waals surface area contributed by atoms with Gasteiger partial charge in [0.1, 0.15) is 15.0 Å². The number of hydrogen-bond acceptors (Lipinski definition) is 5. The first-order chi connectivity index (χ1) is 18.8. The molecule has 2 unspecified atom stereocenters. The van der Waals surface area contributed by atoms with Crippen molar-refractivity contribution >= 4 is 57.3 Å². The first-order valence-electron chi connectivity index (χ1n) is 13.0. The quantitative estimate of drug-likeness (QED) is 0.277. The molecule has 10 heteroatoms. The number of aromatic nitrogens is 3. The summed E-state index contributed by atoms with van der Waals surface area (Å²) in [6.07, 6.45) is 5.89. The van der Waals surface area contributed by atoms with Gasteiger partial charge < -0.3 is 9.64 Å². The highest BCUT2D eigenvalue weighted by Gasteiger charge is 2.59. The molecule has 2 aromatic carbocycles. The fourth-order valence-corrected chi connectivity index (χ4v) is 8.14. The maximum absolute atomic E-state index is 14.2. The van der Waals surface area contributed by atoms with E-state index in [9.17, 15) is 10.1 Å². The number of ether oxygens (including phenoxy) is 1. The Bertz CT molecular complexity index is 1500. The Balaban J connectivity index is 1.45. The van der Waals surface area contributed by atoms with Gasteiger partial charge in [0.2, 0.25) is 0 Å². The molecule has 2 fully saturated rings. The van der Waals surface area contributed by atoms with Crippen LogP contribution in [0.5, 0.6) is 0 Å². The second-order valence-corrected chi connectivity index (χ2v) is 12.4. The van der Waals surface area contributed by atoms with E-state index in [2.05, 4.69) is 39.0 Å². The minimum atomic E-state index is -0.739. The Morgan fingerprint density at radius 3 is 2.49 bits per heavy atom. The van der Waals surface area contributed by atoms with Gasteiger partial charge in [-0.1, -0.05) is 53.4 Å². The number of rotatable bonds is 6. The lowest BCUT2D eigenvalue weighted by atomic mass is 9.85. The number of benzene rings is 2. The van der Waals surface area contributed by atoms with E-state index < -0.39 is 5.54 Å². The minimum Gasteiger partial charge on any atom is -0.498 e. The van der Waals surface area contributed by atoms with E-state index in [1.165, 1.54) is 12.8 Å². The zero-order valence-electron chi connectivity index (χ0n) is 21.3. The van der Waals surface area contributed by atoms with Crippen LogP contribution in [0.2, 0.25) is 10.0 Å². The van der Waals surface area contributed by atoms with Crippen LogP contribution in [0.25, 0.3) is 5.57 Å². The molecule has 6 rings (SSSR count). The van der Waals surface area contributed by atoms with Crippen molar-refractivity contribution in [1.29, 1.82) is 5.26 Å². The van der Waals surface area contributed by atoms with Crippen molar-refractivity contribution in [1.82, 2.24) is 19.9 Å². The van der Waals surface area contributed by atoms with Gasteiger partial charge >= 0.3 is 0 Å². The summed E-state index contributed by atoms with van der Waals surface area (Å²) in [5, 5.41) is 19.4. The van der Waals surface area contributed by atoms with Crippen LogP contribution >= 0.6 is 45.8 Å². The number of methoxy groups -OCH3 is 1. The van der Waals surface area contributed by atoms with Crippen molar-refractivity contribution in [3.63, 3.8) is 0 Å². The predicted octanol–water partition coefficient (Wildman–Crippen LogP) is 6.54. The molecule has 1 saturated heterocycles. The Morgan fingerprint density at radius 1 is 1.15 bits per heavy atom. The summed E-state index contributed by atoms with van der Waals surface area (Å²) in [7, 11) is 1.61. The summed E-state index contributed by atoms with van der Waals surface area (Å²) < 4.78 is 9.15. The molecule has 200 valence electrons. The third-order valence-electron chi connectivity index (χ3n) is 8.28. The first kappa shape index (κ1) is 26.6. The van der Waals surface area contributed by atoms with Gasteiger partial charge in [-0.2, -0.15) is 5.26 Å². The number of carbonyl (C=O) groups is 1. The van der Waals surface area contributed by atoms with Crippen molar-refractivity contribution in [2.24, 2.45) is 0 Å². The second kappa shape index (κ2) is 10.4. The molecule has 1 saturated carbocycles. The van der Waals surface area contributed by atoms with E-state index in [-0.39, 0.29) is 11.9 Å². The lowest BCUT2D eigenvalue weighted by Crippen LogP contribution is -2.45. The first-order valence-corrected chi connectivity index (χ1v) is 14.8. The topological polar surface area (TPSA) is 84.0 Å². The number of carbonyl (C=O) groups excluding carboxylic acids is 1. The number of halogens is 3.